The molecule has 9 nitrogen and oxygen atoms in total. The molecule has 0 spiro atoms. The van der Waals surface area contributed by atoms with Crippen LogP contribution in [0, 0.1) is 5.92 Å². The summed E-state index contributed by atoms with van der Waals surface area (Å²) in [7, 11) is 1.25. The van der Waals surface area contributed by atoms with Crippen molar-refractivity contribution in [2.75, 3.05) is 19.4 Å². The second-order valence-electron chi connectivity index (χ2n) is 9.61. The molecule has 0 bridgehead atoms. The van der Waals surface area contributed by atoms with E-state index in [2.05, 4.69) is 24.8 Å². The Kier molecular flexibility index (Phi) is 8.03. The molecule has 1 saturated heterocycles. The summed E-state index contributed by atoms with van der Waals surface area (Å²) in [6.07, 6.45) is -2.38. The number of H-pyrrole nitrogens is 1. The quantitative estimate of drug-likeness (QED) is 0.348. The normalized spacial score (nSPS) is 16.3. The van der Waals surface area contributed by atoms with Crippen molar-refractivity contribution in [1.82, 2.24) is 20.2 Å². The summed E-state index contributed by atoms with van der Waals surface area (Å²) in [5.41, 5.74) is 8.02. The van der Waals surface area contributed by atoms with Crippen LogP contribution in [0.1, 0.15) is 38.6 Å². The number of nitrogens with two attached hydrogens (primary N) is 1. The van der Waals surface area contributed by atoms with Gasteiger partial charge in [0.1, 0.15) is 17.6 Å². The number of anilines is 1. The van der Waals surface area contributed by atoms with Crippen molar-refractivity contribution < 1.29 is 32.2 Å². The summed E-state index contributed by atoms with van der Waals surface area (Å²) >= 11 is 0. The third-order valence-corrected chi connectivity index (χ3v) is 6.58. The number of amides is 2. The molecule has 2 heterocycles. The predicted molar refractivity (Wildman–Crippen MR) is 138 cm³/mol. The van der Waals surface area contributed by atoms with Crippen LogP contribution in [0.5, 0.6) is 5.75 Å². The highest BCUT2D eigenvalue weighted by Gasteiger charge is 2.37. The van der Waals surface area contributed by atoms with Crippen molar-refractivity contribution in [3.05, 3.63) is 54.5 Å². The Hall–Kier alpha value is -4.22. The fourth-order valence-corrected chi connectivity index (χ4v) is 4.66. The number of halogens is 3. The van der Waals surface area contributed by atoms with Gasteiger partial charge < -0.3 is 30.4 Å². The molecule has 2 amide bonds. The molecule has 4 rings (SSSR count). The molecule has 1 aromatic heterocycles. The van der Waals surface area contributed by atoms with Gasteiger partial charge in [0.2, 0.25) is 5.91 Å². The fourth-order valence-electron chi connectivity index (χ4n) is 4.66. The number of nitrogen functional groups attached to an aromatic ring is 1. The Morgan fingerprint density at radius 2 is 1.85 bits per heavy atom. The number of benzene rings is 2. The van der Waals surface area contributed by atoms with E-state index in [1.54, 1.807) is 35.4 Å². The van der Waals surface area contributed by atoms with Gasteiger partial charge in [-0.2, -0.15) is 0 Å². The average molecular weight is 546 g/mol. The standard InChI is InChI=1S/C27H30F3N5O4/c1-15(2)23(34-26(37)38-3)25(36)35-12-4-5-21(35)24-32-14-20(33-24)17-8-6-16(7-9-17)19-11-10-18(31)13-22(19)39-27(28,29)30/h6-11,13-15,21,23H,4-5,12,31H2,1-3H3,(H,32,33)(H,34,37)/t21?,23-/m0/s1. The second kappa shape index (κ2) is 11.3. The molecule has 1 fully saturated rings. The number of ether oxygens (including phenoxy) is 2. The molecule has 3 aromatic rings. The Labute approximate surface area is 223 Å². The zero-order valence-electron chi connectivity index (χ0n) is 21.7. The molecule has 0 radical (unpaired) electrons. The van der Waals surface area contributed by atoms with E-state index in [1.807, 2.05) is 13.8 Å². The maximum atomic E-state index is 13.3. The Balaban J connectivity index is 1.54. The first-order chi connectivity index (χ1) is 18.5. The maximum Gasteiger partial charge on any atom is 0.573 e. The highest BCUT2D eigenvalue weighted by Crippen LogP contribution is 2.37. The number of hydrogen-bond acceptors (Lipinski definition) is 6. The first-order valence-corrected chi connectivity index (χ1v) is 12.4. The fraction of sp³-hybridized carbons (Fsp3) is 0.370. The van der Waals surface area contributed by atoms with E-state index >= 15 is 0 Å². The van der Waals surface area contributed by atoms with Gasteiger partial charge in [0.25, 0.3) is 0 Å². The van der Waals surface area contributed by atoms with E-state index in [0.29, 0.717) is 30.0 Å². The van der Waals surface area contributed by atoms with Crippen LogP contribution in [0.25, 0.3) is 22.4 Å². The topological polar surface area (TPSA) is 123 Å². The molecule has 1 aliphatic heterocycles. The molecule has 1 unspecified atom stereocenters. The van der Waals surface area contributed by atoms with E-state index in [4.69, 9.17) is 5.73 Å². The molecule has 1 aliphatic rings. The smallest absolute Gasteiger partial charge is 0.453 e. The Bertz CT molecular complexity index is 1320. The van der Waals surface area contributed by atoms with Gasteiger partial charge in [-0.05, 0) is 42.0 Å². The average Bonchev–Trinajstić information content (AvgIpc) is 3.56. The molecule has 12 heteroatoms. The number of likely N-dealkylation sites (tertiary alicyclic amines) is 1. The van der Waals surface area contributed by atoms with E-state index in [1.165, 1.54) is 19.2 Å². The number of alkyl halides is 3. The van der Waals surface area contributed by atoms with Crippen molar-refractivity contribution >= 4 is 17.7 Å². The van der Waals surface area contributed by atoms with E-state index in [0.717, 1.165) is 18.1 Å². The van der Waals surface area contributed by atoms with Crippen LogP contribution in [0.15, 0.2) is 48.7 Å². The highest BCUT2D eigenvalue weighted by atomic mass is 19.4. The zero-order valence-corrected chi connectivity index (χ0v) is 21.7. The Morgan fingerprint density at radius 1 is 1.15 bits per heavy atom. The van der Waals surface area contributed by atoms with Crippen molar-refractivity contribution in [3.8, 4) is 28.1 Å². The first-order valence-electron chi connectivity index (χ1n) is 12.4. The molecule has 0 aliphatic carbocycles. The highest BCUT2D eigenvalue weighted by molar-refractivity contribution is 5.86. The van der Waals surface area contributed by atoms with Crippen molar-refractivity contribution in [1.29, 1.82) is 0 Å². The largest absolute Gasteiger partial charge is 0.573 e. The van der Waals surface area contributed by atoms with Gasteiger partial charge in [0, 0.05) is 23.9 Å². The summed E-state index contributed by atoms with van der Waals surface area (Å²) in [4.78, 5) is 34.6. The van der Waals surface area contributed by atoms with Crippen LogP contribution in [0.2, 0.25) is 0 Å². The van der Waals surface area contributed by atoms with Gasteiger partial charge in [-0.3, -0.25) is 4.79 Å². The number of alkyl carbamates (subject to hydrolysis) is 1. The lowest BCUT2D eigenvalue weighted by Crippen LogP contribution is -2.51. The lowest BCUT2D eigenvalue weighted by atomic mass is 10.0. The summed E-state index contributed by atoms with van der Waals surface area (Å²) in [6.45, 7) is 4.23. The third kappa shape index (κ3) is 6.44. The number of aromatic nitrogens is 2. The van der Waals surface area contributed by atoms with Gasteiger partial charge in [-0.25, -0.2) is 9.78 Å². The molecule has 39 heavy (non-hydrogen) atoms. The van der Waals surface area contributed by atoms with Crippen LogP contribution >= 0.6 is 0 Å². The van der Waals surface area contributed by atoms with Crippen LogP contribution in [-0.2, 0) is 9.53 Å². The van der Waals surface area contributed by atoms with E-state index in [-0.39, 0.29) is 34.9 Å². The molecule has 2 atom stereocenters. The van der Waals surface area contributed by atoms with Crippen LogP contribution in [0.3, 0.4) is 0 Å². The zero-order chi connectivity index (χ0) is 28.3. The summed E-state index contributed by atoms with van der Waals surface area (Å²) in [6, 6.07) is 9.97. The molecule has 2 aromatic carbocycles. The predicted octanol–water partition coefficient (Wildman–Crippen LogP) is 5.27. The minimum absolute atomic E-state index is 0.147. The summed E-state index contributed by atoms with van der Waals surface area (Å²) in [5.74, 6) is -0.126. The number of hydrogen-bond donors (Lipinski definition) is 3. The summed E-state index contributed by atoms with van der Waals surface area (Å²) in [5, 5.41) is 2.62. The number of nitrogens with one attached hydrogen (secondary N) is 2. The molecule has 0 saturated carbocycles. The SMILES string of the molecule is COC(=O)N[C@H](C(=O)N1CCCC1c1ncc(-c2ccc(-c3ccc(N)cc3OC(F)(F)F)cc2)[nH]1)C(C)C. The lowest BCUT2D eigenvalue weighted by molar-refractivity contribution is -0.274. The molecule has 4 N–H and O–H groups in total. The van der Waals surface area contributed by atoms with Crippen LogP contribution in [-0.4, -0.2) is 52.9 Å². The molecular weight excluding hydrogens is 515 g/mol. The van der Waals surface area contributed by atoms with E-state index in [9.17, 15) is 22.8 Å². The number of rotatable bonds is 7. The van der Waals surface area contributed by atoms with Gasteiger partial charge in [-0.1, -0.05) is 38.1 Å². The maximum absolute atomic E-state index is 13.3. The molecular formula is C27H30F3N5O4. The van der Waals surface area contributed by atoms with Crippen LogP contribution < -0.4 is 15.8 Å². The second-order valence-corrected chi connectivity index (χ2v) is 9.61. The summed E-state index contributed by atoms with van der Waals surface area (Å²) < 4.78 is 47.5. The minimum atomic E-state index is -4.85. The number of carbonyl (C=O) groups is 2. The van der Waals surface area contributed by atoms with Gasteiger partial charge in [0.05, 0.1) is 25.0 Å². The number of aromatic amines is 1. The number of imidazole rings is 1. The van der Waals surface area contributed by atoms with E-state index < -0.39 is 18.5 Å². The van der Waals surface area contributed by atoms with Gasteiger partial charge in [0.15, 0.2) is 0 Å². The number of methoxy groups -OCH3 is 1. The lowest BCUT2D eigenvalue weighted by Gasteiger charge is -2.30. The first kappa shape index (κ1) is 27.8. The third-order valence-electron chi connectivity index (χ3n) is 6.58. The minimum Gasteiger partial charge on any atom is -0.453 e. The number of carbonyl (C=O) groups excluding carboxylic acids is 2. The van der Waals surface area contributed by atoms with Crippen LogP contribution in [0.4, 0.5) is 23.7 Å². The van der Waals surface area contributed by atoms with Crippen molar-refractivity contribution in [2.24, 2.45) is 5.92 Å². The molecule has 208 valence electrons. The number of nitrogens with zero attached hydrogens (tertiary/aromatic N) is 2. The van der Waals surface area contributed by atoms with Gasteiger partial charge >= 0.3 is 12.5 Å². The van der Waals surface area contributed by atoms with Gasteiger partial charge in [-0.15, -0.1) is 13.2 Å². The van der Waals surface area contributed by atoms with Crippen molar-refractivity contribution in [2.45, 2.75) is 45.1 Å². The Morgan fingerprint density at radius 3 is 2.49 bits per heavy atom. The van der Waals surface area contributed by atoms with Crippen molar-refractivity contribution in [3.63, 3.8) is 0 Å². The monoisotopic (exact) mass is 545 g/mol.